The number of carbonyl (C=O) groups is 1. The van der Waals surface area contributed by atoms with Crippen molar-refractivity contribution in [2.75, 3.05) is 32.5 Å². The van der Waals surface area contributed by atoms with Gasteiger partial charge >= 0.3 is 0 Å². The fourth-order valence-corrected chi connectivity index (χ4v) is 2.56. The molecule has 2 rings (SSSR count). The summed E-state index contributed by atoms with van der Waals surface area (Å²) < 4.78 is 0. The minimum absolute atomic E-state index is 0.0528. The average Bonchev–Trinajstić information content (AvgIpc) is 2.64. The van der Waals surface area contributed by atoms with E-state index in [-0.39, 0.29) is 11.9 Å². The molecular formula is C20H29N5O. The van der Waals surface area contributed by atoms with Crippen molar-refractivity contribution in [3.63, 3.8) is 0 Å². The highest BCUT2D eigenvalue weighted by atomic mass is 16.2. The Morgan fingerprint density at radius 1 is 1.12 bits per heavy atom. The first-order chi connectivity index (χ1) is 12.5. The molecule has 26 heavy (non-hydrogen) atoms. The number of benzene rings is 1. The van der Waals surface area contributed by atoms with E-state index in [1.807, 2.05) is 63.2 Å². The molecule has 0 unspecified atom stereocenters. The third-order valence-corrected chi connectivity index (χ3v) is 4.04. The second kappa shape index (κ2) is 9.87. The Bertz CT molecular complexity index is 670. The van der Waals surface area contributed by atoms with Crippen LogP contribution in [0.3, 0.4) is 0 Å². The SMILES string of the molecule is CC(C)N(Cc1ccccc1)C(=O)c1cnc(NCCCN(C)C)nc1. The van der Waals surface area contributed by atoms with Gasteiger partial charge in [0.25, 0.3) is 5.91 Å². The van der Waals surface area contributed by atoms with Gasteiger partial charge in [-0.2, -0.15) is 0 Å². The van der Waals surface area contributed by atoms with Gasteiger partial charge in [0.2, 0.25) is 5.95 Å². The first-order valence-electron chi connectivity index (χ1n) is 9.03. The van der Waals surface area contributed by atoms with Gasteiger partial charge in [0, 0.05) is 31.5 Å². The first kappa shape index (κ1) is 19.8. The van der Waals surface area contributed by atoms with Crippen LogP contribution in [0.15, 0.2) is 42.7 Å². The lowest BCUT2D eigenvalue weighted by molar-refractivity contribution is 0.0689. The van der Waals surface area contributed by atoms with Gasteiger partial charge in [-0.05, 0) is 46.5 Å². The van der Waals surface area contributed by atoms with E-state index in [2.05, 4.69) is 20.2 Å². The lowest BCUT2D eigenvalue weighted by atomic mass is 10.1. The van der Waals surface area contributed by atoms with Crippen molar-refractivity contribution < 1.29 is 4.79 Å². The van der Waals surface area contributed by atoms with Gasteiger partial charge in [0.05, 0.1) is 5.56 Å². The number of hydrogen-bond acceptors (Lipinski definition) is 5. The molecule has 6 nitrogen and oxygen atoms in total. The Hall–Kier alpha value is -2.47. The fourth-order valence-electron chi connectivity index (χ4n) is 2.56. The van der Waals surface area contributed by atoms with Gasteiger partial charge < -0.3 is 15.1 Å². The van der Waals surface area contributed by atoms with Crippen molar-refractivity contribution >= 4 is 11.9 Å². The summed E-state index contributed by atoms with van der Waals surface area (Å²) in [5.41, 5.74) is 1.61. The molecule has 0 radical (unpaired) electrons. The highest BCUT2D eigenvalue weighted by Crippen LogP contribution is 2.13. The van der Waals surface area contributed by atoms with Gasteiger partial charge in [-0.3, -0.25) is 4.79 Å². The maximum Gasteiger partial charge on any atom is 0.257 e. The molecule has 0 spiro atoms. The summed E-state index contributed by atoms with van der Waals surface area (Å²) in [6.45, 7) is 6.41. The van der Waals surface area contributed by atoms with Crippen molar-refractivity contribution in [3.05, 3.63) is 53.9 Å². The van der Waals surface area contributed by atoms with Crippen LogP contribution >= 0.6 is 0 Å². The Balaban J connectivity index is 1.98. The zero-order chi connectivity index (χ0) is 18.9. The third-order valence-electron chi connectivity index (χ3n) is 4.04. The van der Waals surface area contributed by atoms with Crippen LogP contribution in [0.1, 0.15) is 36.2 Å². The zero-order valence-electron chi connectivity index (χ0n) is 16.1. The van der Waals surface area contributed by atoms with Crippen molar-refractivity contribution in [1.82, 2.24) is 19.8 Å². The predicted molar refractivity (Wildman–Crippen MR) is 105 cm³/mol. The lowest BCUT2D eigenvalue weighted by Gasteiger charge is -2.26. The lowest BCUT2D eigenvalue weighted by Crippen LogP contribution is -2.36. The molecular weight excluding hydrogens is 326 g/mol. The van der Waals surface area contributed by atoms with E-state index in [9.17, 15) is 4.79 Å². The summed E-state index contributed by atoms with van der Waals surface area (Å²) >= 11 is 0. The molecule has 1 heterocycles. The predicted octanol–water partition coefficient (Wildman–Crippen LogP) is 2.89. The molecule has 6 heteroatoms. The molecule has 0 saturated heterocycles. The number of anilines is 1. The molecule has 0 bridgehead atoms. The van der Waals surface area contributed by atoms with Crippen molar-refractivity contribution in [2.24, 2.45) is 0 Å². The number of carbonyl (C=O) groups excluding carboxylic acids is 1. The molecule has 0 aliphatic rings. The van der Waals surface area contributed by atoms with Crippen molar-refractivity contribution in [3.8, 4) is 0 Å². The minimum atomic E-state index is -0.0528. The van der Waals surface area contributed by atoms with Crippen LogP contribution in [0, 0.1) is 0 Å². The minimum Gasteiger partial charge on any atom is -0.354 e. The summed E-state index contributed by atoms with van der Waals surface area (Å²) in [5.74, 6) is 0.502. The first-order valence-corrected chi connectivity index (χ1v) is 9.03. The van der Waals surface area contributed by atoms with E-state index < -0.39 is 0 Å². The number of rotatable bonds is 9. The highest BCUT2D eigenvalue weighted by molar-refractivity contribution is 5.93. The summed E-state index contributed by atoms with van der Waals surface area (Å²) in [6.07, 6.45) is 4.21. The quantitative estimate of drug-likeness (QED) is 0.701. The van der Waals surface area contributed by atoms with Crippen LogP contribution in [0.25, 0.3) is 0 Å². The van der Waals surface area contributed by atoms with E-state index in [4.69, 9.17) is 0 Å². The largest absolute Gasteiger partial charge is 0.354 e. The van der Waals surface area contributed by atoms with Gasteiger partial charge in [0.15, 0.2) is 0 Å². The van der Waals surface area contributed by atoms with Crippen LogP contribution in [-0.4, -0.2) is 58.9 Å². The van der Waals surface area contributed by atoms with Gasteiger partial charge in [-0.1, -0.05) is 30.3 Å². The van der Waals surface area contributed by atoms with Crippen molar-refractivity contribution in [1.29, 1.82) is 0 Å². The van der Waals surface area contributed by atoms with Crippen LogP contribution < -0.4 is 5.32 Å². The van der Waals surface area contributed by atoms with Crippen LogP contribution in [0.4, 0.5) is 5.95 Å². The second-order valence-corrected chi connectivity index (χ2v) is 6.89. The molecule has 140 valence electrons. The fraction of sp³-hybridized carbons (Fsp3) is 0.450. The summed E-state index contributed by atoms with van der Waals surface area (Å²) in [4.78, 5) is 25.4. The topological polar surface area (TPSA) is 61.4 Å². The van der Waals surface area contributed by atoms with Gasteiger partial charge in [-0.15, -0.1) is 0 Å². The Kier molecular flexibility index (Phi) is 7.53. The molecule has 0 saturated carbocycles. The van der Waals surface area contributed by atoms with Crippen molar-refractivity contribution in [2.45, 2.75) is 32.9 Å². The van der Waals surface area contributed by atoms with Gasteiger partial charge in [0.1, 0.15) is 0 Å². The van der Waals surface area contributed by atoms with Crippen LogP contribution in [-0.2, 0) is 6.54 Å². The molecule has 0 aliphatic carbocycles. The second-order valence-electron chi connectivity index (χ2n) is 6.89. The highest BCUT2D eigenvalue weighted by Gasteiger charge is 2.19. The summed E-state index contributed by atoms with van der Waals surface area (Å²) in [6, 6.07) is 10.1. The standard InChI is InChI=1S/C20H29N5O/c1-16(2)25(15-17-9-6-5-7-10-17)19(26)18-13-22-20(23-14-18)21-11-8-12-24(3)4/h5-7,9-10,13-14,16H,8,11-12,15H2,1-4H3,(H,21,22,23). The molecule has 1 N–H and O–H groups in total. The van der Waals surface area contributed by atoms with E-state index in [0.29, 0.717) is 18.1 Å². The zero-order valence-corrected chi connectivity index (χ0v) is 16.1. The molecule has 1 aromatic heterocycles. The van der Waals surface area contributed by atoms with Crippen LogP contribution in [0.5, 0.6) is 0 Å². The normalized spacial score (nSPS) is 11.0. The molecule has 1 aromatic carbocycles. The third kappa shape index (κ3) is 6.11. The Morgan fingerprint density at radius 2 is 1.77 bits per heavy atom. The molecule has 0 aliphatic heterocycles. The van der Waals surface area contributed by atoms with E-state index in [1.165, 1.54) is 0 Å². The Morgan fingerprint density at radius 3 is 2.35 bits per heavy atom. The molecule has 1 amide bonds. The van der Waals surface area contributed by atoms with E-state index >= 15 is 0 Å². The number of aromatic nitrogens is 2. The summed E-state index contributed by atoms with van der Waals surface area (Å²) in [7, 11) is 4.10. The molecule has 0 fully saturated rings. The molecule has 0 atom stereocenters. The number of nitrogens with zero attached hydrogens (tertiary/aromatic N) is 4. The maximum absolute atomic E-state index is 12.9. The molecule has 2 aromatic rings. The smallest absolute Gasteiger partial charge is 0.257 e. The maximum atomic E-state index is 12.9. The van der Waals surface area contributed by atoms with Gasteiger partial charge in [-0.25, -0.2) is 9.97 Å². The van der Waals surface area contributed by atoms with E-state index in [1.54, 1.807) is 12.4 Å². The number of nitrogens with one attached hydrogen (secondary N) is 1. The number of amides is 1. The Labute approximate surface area is 156 Å². The van der Waals surface area contributed by atoms with Crippen LogP contribution in [0.2, 0.25) is 0 Å². The number of hydrogen-bond donors (Lipinski definition) is 1. The monoisotopic (exact) mass is 355 g/mol. The van der Waals surface area contributed by atoms with E-state index in [0.717, 1.165) is 25.1 Å². The average molecular weight is 355 g/mol. The summed E-state index contributed by atoms with van der Waals surface area (Å²) in [5, 5.41) is 3.18.